The second-order valence-electron chi connectivity index (χ2n) is 9.66. The van der Waals surface area contributed by atoms with Crippen LogP contribution in [0, 0.1) is 11.8 Å². The lowest BCUT2D eigenvalue weighted by Crippen LogP contribution is -2.27. The average molecular weight is 501 g/mol. The second-order valence-corrected chi connectivity index (χ2v) is 10.2. The Kier molecular flexibility index (Phi) is 10.2. The summed E-state index contributed by atoms with van der Waals surface area (Å²) in [6.45, 7) is 4.69. The summed E-state index contributed by atoms with van der Waals surface area (Å²) >= 11 is 6.55. The monoisotopic (exact) mass is 500 g/mol. The molecular weight excluding hydrogens is 464 g/mol. The maximum atomic E-state index is 11.5. The molecule has 5 nitrogen and oxygen atoms in total. The summed E-state index contributed by atoms with van der Waals surface area (Å²) in [6, 6.07) is 18.6. The van der Waals surface area contributed by atoms with Gasteiger partial charge in [0.05, 0.1) is 19.3 Å². The topological polar surface area (TPSA) is 76.0 Å². The van der Waals surface area contributed by atoms with Crippen molar-refractivity contribution in [1.29, 1.82) is 0 Å². The molecule has 0 radical (unpaired) electrons. The van der Waals surface area contributed by atoms with Crippen LogP contribution >= 0.6 is 11.6 Å². The third-order valence-electron chi connectivity index (χ3n) is 6.93. The van der Waals surface area contributed by atoms with Crippen molar-refractivity contribution in [1.82, 2.24) is 0 Å². The molecule has 0 amide bonds. The lowest BCUT2D eigenvalue weighted by molar-refractivity contribution is -0.144. The predicted molar refractivity (Wildman–Crippen MR) is 139 cm³/mol. The van der Waals surface area contributed by atoms with Gasteiger partial charge >= 0.3 is 5.97 Å². The van der Waals surface area contributed by atoms with E-state index in [4.69, 9.17) is 26.2 Å². The summed E-state index contributed by atoms with van der Waals surface area (Å²) in [5, 5.41) is 19.1. The molecule has 6 heteroatoms. The van der Waals surface area contributed by atoms with Gasteiger partial charge in [-0.1, -0.05) is 68.5 Å². The fourth-order valence-corrected chi connectivity index (χ4v) is 5.15. The molecule has 2 aromatic rings. The van der Waals surface area contributed by atoms with E-state index in [1.807, 2.05) is 30.4 Å². The molecule has 2 aromatic carbocycles. The number of carbonyl (C=O) groups is 1. The molecule has 0 spiro atoms. The summed E-state index contributed by atoms with van der Waals surface area (Å²) in [6.07, 6.45) is 5.57. The fraction of sp³-hybridized carbons (Fsp3) is 0.483. The van der Waals surface area contributed by atoms with E-state index in [-0.39, 0.29) is 48.2 Å². The Hall–Kier alpha value is -2.34. The minimum Gasteiger partial charge on any atom is -0.493 e. The molecule has 35 heavy (non-hydrogen) atoms. The van der Waals surface area contributed by atoms with Gasteiger partial charge in [-0.15, -0.1) is 11.6 Å². The molecule has 0 aromatic heterocycles. The summed E-state index contributed by atoms with van der Waals surface area (Å²) in [7, 11) is 0. The number of allylic oxidation sites excluding steroid dienone is 2. The Morgan fingerprint density at radius 3 is 2.43 bits per heavy atom. The first-order valence-electron chi connectivity index (χ1n) is 12.4. The number of halogens is 1. The normalized spacial score (nSPS) is 22.4. The second kappa shape index (κ2) is 13.1. The molecule has 1 aliphatic rings. The zero-order valence-electron chi connectivity index (χ0n) is 20.6. The summed E-state index contributed by atoms with van der Waals surface area (Å²) in [4.78, 5) is 11.5. The summed E-state index contributed by atoms with van der Waals surface area (Å²) < 4.78 is 10.9. The van der Waals surface area contributed by atoms with Crippen LogP contribution in [-0.2, 0) is 14.9 Å². The predicted octanol–water partition coefficient (Wildman–Crippen LogP) is 5.26. The van der Waals surface area contributed by atoms with E-state index in [2.05, 4.69) is 50.2 Å². The maximum absolute atomic E-state index is 11.5. The van der Waals surface area contributed by atoms with Crippen molar-refractivity contribution in [2.75, 3.05) is 19.8 Å². The molecule has 190 valence electrons. The van der Waals surface area contributed by atoms with Crippen molar-refractivity contribution >= 4 is 17.6 Å². The van der Waals surface area contributed by atoms with Crippen LogP contribution in [0.5, 0.6) is 5.75 Å². The highest BCUT2D eigenvalue weighted by molar-refractivity contribution is 6.21. The molecule has 0 unspecified atom stereocenters. The largest absolute Gasteiger partial charge is 0.493 e. The highest BCUT2D eigenvalue weighted by Crippen LogP contribution is 2.39. The van der Waals surface area contributed by atoms with E-state index in [9.17, 15) is 9.90 Å². The minimum absolute atomic E-state index is 0.0334. The van der Waals surface area contributed by atoms with Gasteiger partial charge in [-0.05, 0) is 48.4 Å². The summed E-state index contributed by atoms with van der Waals surface area (Å²) in [5.74, 6) is 0.496. The molecule has 0 bridgehead atoms. The van der Waals surface area contributed by atoms with Gasteiger partial charge in [-0.3, -0.25) is 4.79 Å². The number of esters is 1. The number of hydrogen-bond donors (Lipinski definition) is 2. The third kappa shape index (κ3) is 7.57. The first-order valence-corrected chi connectivity index (χ1v) is 12.8. The smallest absolute Gasteiger partial charge is 0.306 e. The Bertz CT molecular complexity index is 941. The van der Waals surface area contributed by atoms with Gasteiger partial charge in [-0.25, -0.2) is 0 Å². The molecule has 1 saturated carbocycles. The molecule has 0 aliphatic heterocycles. The van der Waals surface area contributed by atoms with Crippen molar-refractivity contribution in [3.63, 3.8) is 0 Å². The van der Waals surface area contributed by atoms with Crippen LogP contribution < -0.4 is 4.74 Å². The molecule has 1 aliphatic carbocycles. The van der Waals surface area contributed by atoms with Crippen molar-refractivity contribution in [3.05, 3.63) is 77.9 Å². The number of hydrogen-bond acceptors (Lipinski definition) is 5. The number of aliphatic hydroxyl groups excluding tert-OH is 2. The zero-order valence-corrected chi connectivity index (χ0v) is 21.4. The first kappa shape index (κ1) is 27.3. The minimum atomic E-state index is -0.499. The number of aliphatic hydroxyl groups is 2. The zero-order chi connectivity index (χ0) is 25.3. The van der Waals surface area contributed by atoms with Gasteiger partial charge in [0.1, 0.15) is 12.4 Å². The Labute approximate surface area is 213 Å². The number of benzene rings is 2. The maximum Gasteiger partial charge on any atom is 0.306 e. The van der Waals surface area contributed by atoms with Crippen LogP contribution in [0.1, 0.15) is 50.7 Å². The fourth-order valence-electron chi connectivity index (χ4n) is 4.68. The SMILES string of the molecule is CC(C)(c1ccccc1)c1ccc(OC[C@@H]2[C@@H](C/C=C\CCC(=O)OCCO)[C@H](Cl)C[C@H]2O)cc1. The molecule has 4 atom stereocenters. The van der Waals surface area contributed by atoms with Crippen LogP contribution in [-0.4, -0.2) is 47.5 Å². The van der Waals surface area contributed by atoms with Crippen LogP contribution in [0.4, 0.5) is 0 Å². The first-order chi connectivity index (χ1) is 16.8. The average Bonchev–Trinajstić information content (AvgIpc) is 3.13. The number of alkyl halides is 1. The quantitative estimate of drug-likeness (QED) is 0.236. The molecule has 0 saturated heterocycles. The number of carbonyl (C=O) groups excluding carboxylic acids is 1. The Morgan fingerprint density at radius 2 is 1.74 bits per heavy atom. The van der Waals surface area contributed by atoms with E-state index in [0.717, 1.165) is 12.2 Å². The highest BCUT2D eigenvalue weighted by atomic mass is 35.5. The Balaban J connectivity index is 1.52. The van der Waals surface area contributed by atoms with Gasteiger partial charge in [0, 0.05) is 23.1 Å². The van der Waals surface area contributed by atoms with Gasteiger partial charge in [0.25, 0.3) is 0 Å². The van der Waals surface area contributed by atoms with E-state index in [0.29, 0.717) is 19.4 Å². The lowest BCUT2D eigenvalue weighted by atomic mass is 9.78. The standard InChI is InChI=1S/C29H37ClO5/c1-29(2,21-9-5-3-6-10-21)22-13-15-23(16-14-22)35-20-25-24(26(30)19-27(25)32)11-7-4-8-12-28(33)34-18-17-31/h3-7,9-10,13-16,24-27,31-32H,8,11-12,17-20H2,1-2H3/b7-4-/t24-,25-,26-,27-/m1/s1. The van der Waals surface area contributed by atoms with Crippen LogP contribution in [0.15, 0.2) is 66.7 Å². The Morgan fingerprint density at radius 1 is 1.06 bits per heavy atom. The van der Waals surface area contributed by atoms with Gasteiger partial charge in [0.2, 0.25) is 0 Å². The van der Waals surface area contributed by atoms with Gasteiger partial charge < -0.3 is 19.7 Å². The van der Waals surface area contributed by atoms with E-state index in [1.165, 1.54) is 11.1 Å². The van der Waals surface area contributed by atoms with Crippen molar-refractivity contribution < 1.29 is 24.5 Å². The summed E-state index contributed by atoms with van der Waals surface area (Å²) in [5.41, 5.74) is 2.36. The van der Waals surface area contributed by atoms with Crippen LogP contribution in [0.3, 0.4) is 0 Å². The molecule has 1 fully saturated rings. The van der Waals surface area contributed by atoms with E-state index < -0.39 is 6.10 Å². The third-order valence-corrected chi connectivity index (χ3v) is 7.44. The van der Waals surface area contributed by atoms with Gasteiger partial charge in [0.15, 0.2) is 0 Å². The highest BCUT2D eigenvalue weighted by Gasteiger charge is 2.41. The molecule has 0 heterocycles. The van der Waals surface area contributed by atoms with Crippen LogP contribution in [0.2, 0.25) is 0 Å². The number of ether oxygens (including phenoxy) is 2. The van der Waals surface area contributed by atoms with Crippen molar-refractivity contribution in [2.24, 2.45) is 11.8 Å². The van der Waals surface area contributed by atoms with E-state index in [1.54, 1.807) is 0 Å². The lowest BCUT2D eigenvalue weighted by Gasteiger charge is -2.26. The molecule has 2 N–H and O–H groups in total. The van der Waals surface area contributed by atoms with Crippen molar-refractivity contribution in [2.45, 2.75) is 56.4 Å². The molecular formula is C29H37ClO5. The van der Waals surface area contributed by atoms with Gasteiger partial charge in [-0.2, -0.15) is 0 Å². The number of rotatable bonds is 12. The van der Waals surface area contributed by atoms with Crippen LogP contribution in [0.25, 0.3) is 0 Å². The van der Waals surface area contributed by atoms with E-state index >= 15 is 0 Å². The molecule has 3 rings (SSSR count). The van der Waals surface area contributed by atoms with Crippen molar-refractivity contribution in [3.8, 4) is 5.75 Å².